The van der Waals surface area contributed by atoms with Crippen molar-refractivity contribution in [1.29, 1.82) is 0 Å². The molecule has 0 N–H and O–H groups in total. The van der Waals surface area contributed by atoms with Crippen molar-refractivity contribution in [2.24, 2.45) is 5.92 Å². The number of carbonyl (C=O) groups excluding carboxylic acids is 1. The molecule has 82 valence electrons. The van der Waals surface area contributed by atoms with Gasteiger partial charge in [0, 0.05) is 17.9 Å². The molecule has 1 atom stereocenters. The van der Waals surface area contributed by atoms with E-state index in [1.807, 2.05) is 18.2 Å². The SMILES string of the molecule is Cc1ccccc1C1=C2COCC2CC1=O. The molecule has 16 heavy (non-hydrogen) atoms. The number of rotatable bonds is 1. The third-order valence-electron chi connectivity index (χ3n) is 3.52. The van der Waals surface area contributed by atoms with Crippen molar-refractivity contribution in [2.75, 3.05) is 13.2 Å². The highest BCUT2D eigenvalue weighted by Gasteiger charge is 2.36. The van der Waals surface area contributed by atoms with Crippen LogP contribution in [0.25, 0.3) is 5.57 Å². The first kappa shape index (κ1) is 9.79. The number of aryl methyl sites for hydroxylation is 1. The molecule has 1 unspecified atom stereocenters. The fraction of sp³-hybridized carbons (Fsp3) is 0.357. The Morgan fingerprint density at radius 3 is 2.94 bits per heavy atom. The fourth-order valence-corrected chi connectivity index (χ4v) is 2.67. The summed E-state index contributed by atoms with van der Waals surface area (Å²) in [6, 6.07) is 8.09. The molecule has 1 fully saturated rings. The Morgan fingerprint density at radius 2 is 2.12 bits per heavy atom. The minimum atomic E-state index is 0.289. The first-order valence-corrected chi connectivity index (χ1v) is 5.67. The van der Waals surface area contributed by atoms with Gasteiger partial charge in [-0.05, 0) is 23.6 Å². The molecule has 1 aliphatic heterocycles. The van der Waals surface area contributed by atoms with E-state index in [0.717, 1.165) is 17.7 Å². The Kier molecular flexibility index (Phi) is 2.18. The number of hydrogen-bond acceptors (Lipinski definition) is 2. The Bertz CT molecular complexity index is 485. The van der Waals surface area contributed by atoms with Gasteiger partial charge in [-0.3, -0.25) is 4.79 Å². The van der Waals surface area contributed by atoms with Gasteiger partial charge in [-0.2, -0.15) is 0 Å². The quantitative estimate of drug-likeness (QED) is 0.717. The Hall–Kier alpha value is -1.41. The maximum Gasteiger partial charge on any atom is 0.164 e. The molecule has 1 aliphatic carbocycles. The second kappa shape index (κ2) is 3.56. The van der Waals surface area contributed by atoms with Gasteiger partial charge in [0.2, 0.25) is 0 Å². The summed E-state index contributed by atoms with van der Waals surface area (Å²) in [6.07, 6.45) is 0.638. The lowest BCUT2D eigenvalue weighted by atomic mass is 9.96. The monoisotopic (exact) mass is 214 g/mol. The molecular formula is C14H14O2. The molecule has 1 saturated heterocycles. The second-order valence-corrected chi connectivity index (χ2v) is 4.55. The number of ether oxygens (including phenoxy) is 1. The number of allylic oxidation sites excluding steroid dienone is 1. The van der Waals surface area contributed by atoms with Crippen LogP contribution in [-0.4, -0.2) is 19.0 Å². The van der Waals surface area contributed by atoms with E-state index in [-0.39, 0.29) is 5.78 Å². The van der Waals surface area contributed by atoms with Gasteiger partial charge in [0.05, 0.1) is 13.2 Å². The molecule has 0 aromatic heterocycles. The van der Waals surface area contributed by atoms with Crippen LogP contribution in [0.1, 0.15) is 17.5 Å². The van der Waals surface area contributed by atoms with Gasteiger partial charge in [0.15, 0.2) is 5.78 Å². The maximum absolute atomic E-state index is 12.0. The molecule has 1 aromatic rings. The van der Waals surface area contributed by atoms with Crippen LogP contribution in [0.15, 0.2) is 29.8 Å². The molecule has 0 amide bonds. The van der Waals surface area contributed by atoms with E-state index in [9.17, 15) is 4.79 Å². The lowest BCUT2D eigenvalue weighted by molar-refractivity contribution is -0.113. The van der Waals surface area contributed by atoms with Gasteiger partial charge in [0.25, 0.3) is 0 Å². The Labute approximate surface area is 94.9 Å². The fourth-order valence-electron chi connectivity index (χ4n) is 2.67. The van der Waals surface area contributed by atoms with Crippen LogP contribution in [0.4, 0.5) is 0 Å². The molecule has 2 nitrogen and oxygen atoms in total. The van der Waals surface area contributed by atoms with Crippen molar-refractivity contribution in [3.05, 3.63) is 41.0 Å². The van der Waals surface area contributed by atoms with Crippen LogP contribution in [0.5, 0.6) is 0 Å². The van der Waals surface area contributed by atoms with Crippen LogP contribution in [0, 0.1) is 12.8 Å². The van der Waals surface area contributed by atoms with Crippen LogP contribution >= 0.6 is 0 Å². The minimum absolute atomic E-state index is 0.289. The Balaban J connectivity index is 2.16. The number of fused-ring (bicyclic) bond motifs is 1. The van der Waals surface area contributed by atoms with E-state index in [1.165, 1.54) is 11.1 Å². The van der Waals surface area contributed by atoms with E-state index in [2.05, 4.69) is 13.0 Å². The van der Waals surface area contributed by atoms with Gasteiger partial charge in [-0.15, -0.1) is 0 Å². The van der Waals surface area contributed by atoms with Crippen molar-refractivity contribution >= 4 is 11.4 Å². The number of hydrogen-bond donors (Lipinski definition) is 0. The van der Waals surface area contributed by atoms with Gasteiger partial charge in [0.1, 0.15) is 0 Å². The van der Waals surface area contributed by atoms with Gasteiger partial charge in [-0.1, -0.05) is 24.3 Å². The highest BCUT2D eigenvalue weighted by molar-refractivity contribution is 6.24. The molecular weight excluding hydrogens is 200 g/mol. The summed E-state index contributed by atoms with van der Waals surface area (Å²) in [7, 11) is 0. The lowest BCUT2D eigenvalue weighted by Gasteiger charge is -2.07. The molecule has 1 aromatic carbocycles. The van der Waals surface area contributed by atoms with Crippen LogP contribution in [0.3, 0.4) is 0 Å². The third kappa shape index (κ3) is 1.34. The normalized spacial score (nSPS) is 24.1. The highest BCUT2D eigenvalue weighted by Crippen LogP contribution is 2.39. The van der Waals surface area contributed by atoms with Gasteiger partial charge >= 0.3 is 0 Å². The Morgan fingerprint density at radius 1 is 1.31 bits per heavy atom. The van der Waals surface area contributed by atoms with Crippen molar-refractivity contribution in [3.63, 3.8) is 0 Å². The number of Topliss-reactive ketones (excluding diaryl/α,β-unsaturated/α-hetero) is 1. The summed E-state index contributed by atoms with van der Waals surface area (Å²) >= 11 is 0. The van der Waals surface area contributed by atoms with E-state index >= 15 is 0 Å². The van der Waals surface area contributed by atoms with E-state index < -0.39 is 0 Å². The summed E-state index contributed by atoms with van der Waals surface area (Å²) in [4.78, 5) is 12.0. The molecule has 0 saturated carbocycles. The number of benzene rings is 1. The first-order valence-electron chi connectivity index (χ1n) is 5.67. The smallest absolute Gasteiger partial charge is 0.164 e. The maximum atomic E-state index is 12.0. The molecule has 2 heteroatoms. The summed E-state index contributed by atoms with van der Waals surface area (Å²) in [5.41, 5.74) is 4.42. The minimum Gasteiger partial charge on any atom is -0.376 e. The predicted octanol–water partition coefficient (Wildman–Crippen LogP) is 2.37. The molecule has 0 spiro atoms. The van der Waals surface area contributed by atoms with Crippen molar-refractivity contribution in [2.45, 2.75) is 13.3 Å². The standard InChI is InChI=1S/C14H14O2/c1-9-4-2-3-5-11(9)14-12-8-16-7-10(12)6-13(14)15/h2-5,10H,6-8H2,1H3. The summed E-state index contributed by atoms with van der Waals surface area (Å²) < 4.78 is 5.44. The zero-order valence-electron chi connectivity index (χ0n) is 9.32. The van der Waals surface area contributed by atoms with Crippen molar-refractivity contribution in [1.82, 2.24) is 0 Å². The molecule has 2 aliphatic rings. The second-order valence-electron chi connectivity index (χ2n) is 4.55. The zero-order chi connectivity index (χ0) is 11.1. The number of carbonyl (C=O) groups is 1. The van der Waals surface area contributed by atoms with Crippen molar-refractivity contribution < 1.29 is 9.53 Å². The van der Waals surface area contributed by atoms with E-state index in [4.69, 9.17) is 4.74 Å². The average molecular weight is 214 g/mol. The summed E-state index contributed by atoms with van der Waals surface area (Å²) in [6.45, 7) is 3.41. The molecule has 0 radical (unpaired) electrons. The summed E-state index contributed by atoms with van der Waals surface area (Å²) in [5.74, 6) is 0.639. The van der Waals surface area contributed by atoms with Crippen LogP contribution in [0.2, 0.25) is 0 Å². The van der Waals surface area contributed by atoms with Gasteiger partial charge in [-0.25, -0.2) is 0 Å². The summed E-state index contributed by atoms with van der Waals surface area (Å²) in [5, 5.41) is 0. The molecule has 1 heterocycles. The highest BCUT2D eigenvalue weighted by atomic mass is 16.5. The lowest BCUT2D eigenvalue weighted by Crippen LogP contribution is -2.02. The van der Waals surface area contributed by atoms with E-state index in [1.54, 1.807) is 0 Å². The third-order valence-corrected chi connectivity index (χ3v) is 3.52. The van der Waals surface area contributed by atoms with Crippen molar-refractivity contribution in [3.8, 4) is 0 Å². The number of ketones is 1. The first-order chi connectivity index (χ1) is 7.77. The van der Waals surface area contributed by atoms with Crippen LogP contribution < -0.4 is 0 Å². The van der Waals surface area contributed by atoms with Gasteiger partial charge < -0.3 is 4.74 Å². The molecule has 0 bridgehead atoms. The largest absolute Gasteiger partial charge is 0.376 e. The molecule has 3 rings (SSSR count). The van der Waals surface area contributed by atoms with Crippen LogP contribution in [-0.2, 0) is 9.53 Å². The predicted molar refractivity (Wildman–Crippen MR) is 62.0 cm³/mol. The van der Waals surface area contributed by atoms with E-state index in [0.29, 0.717) is 18.9 Å². The topological polar surface area (TPSA) is 26.3 Å². The average Bonchev–Trinajstić information content (AvgIpc) is 2.79. The zero-order valence-corrected chi connectivity index (χ0v) is 9.32.